The SMILES string of the molecule is CN(CC1CCC1)CC1CCCO1. The van der Waals surface area contributed by atoms with E-state index < -0.39 is 0 Å². The van der Waals surface area contributed by atoms with Crippen molar-refractivity contribution in [1.82, 2.24) is 4.90 Å². The second-order valence-corrected chi connectivity index (χ2v) is 4.65. The van der Waals surface area contributed by atoms with Crippen LogP contribution in [0.1, 0.15) is 32.1 Å². The van der Waals surface area contributed by atoms with Crippen LogP contribution in [-0.4, -0.2) is 37.7 Å². The highest BCUT2D eigenvalue weighted by molar-refractivity contribution is 4.75. The van der Waals surface area contributed by atoms with Crippen LogP contribution in [0.5, 0.6) is 0 Å². The molecule has 1 saturated carbocycles. The molecular weight excluding hydrogens is 162 g/mol. The lowest BCUT2D eigenvalue weighted by molar-refractivity contribution is 0.0713. The molecule has 1 unspecified atom stereocenters. The van der Waals surface area contributed by atoms with E-state index in [0.29, 0.717) is 6.10 Å². The van der Waals surface area contributed by atoms with E-state index in [4.69, 9.17) is 4.74 Å². The number of nitrogens with zero attached hydrogens (tertiary/aromatic N) is 1. The summed E-state index contributed by atoms with van der Waals surface area (Å²) < 4.78 is 5.62. The van der Waals surface area contributed by atoms with Crippen LogP contribution in [0.15, 0.2) is 0 Å². The third kappa shape index (κ3) is 2.68. The third-order valence-electron chi connectivity index (χ3n) is 3.33. The van der Waals surface area contributed by atoms with E-state index in [-0.39, 0.29) is 0 Å². The van der Waals surface area contributed by atoms with Gasteiger partial charge in [0.25, 0.3) is 0 Å². The van der Waals surface area contributed by atoms with Gasteiger partial charge in [0.1, 0.15) is 0 Å². The maximum Gasteiger partial charge on any atom is 0.0702 e. The van der Waals surface area contributed by atoms with Crippen molar-refractivity contribution in [3.8, 4) is 0 Å². The molecule has 1 aliphatic carbocycles. The fourth-order valence-corrected chi connectivity index (χ4v) is 2.33. The van der Waals surface area contributed by atoms with Crippen molar-refractivity contribution in [2.24, 2.45) is 5.92 Å². The molecule has 0 aromatic rings. The highest BCUT2D eigenvalue weighted by Crippen LogP contribution is 2.27. The fraction of sp³-hybridized carbons (Fsp3) is 1.00. The van der Waals surface area contributed by atoms with Crippen LogP contribution < -0.4 is 0 Å². The van der Waals surface area contributed by atoms with E-state index in [9.17, 15) is 0 Å². The van der Waals surface area contributed by atoms with Gasteiger partial charge in [-0.2, -0.15) is 0 Å². The van der Waals surface area contributed by atoms with Crippen molar-refractivity contribution in [2.75, 3.05) is 26.7 Å². The first-order valence-corrected chi connectivity index (χ1v) is 5.65. The lowest BCUT2D eigenvalue weighted by atomic mass is 9.85. The molecule has 1 heterocycles. The molecular formula is C11H21NO. The molecule has 13 heavy (non-hydrogen) atoms. The number of ether oxygens (including phenoxy) is 1. The third-order valence-corrected chi connectivity index (χ3v) is 3.33. The standard InChI is InChI=1S/C11H21NO/c1-12(8-10-4-2-5-10)9-11-6-3-7-13-11/h10-11H,2-9H2,1H3. The summed E-state index contributed by atoms with van der Waals surface area (Å²) in [6, 6.07) is 0. The fourth-order valence-electron chi connectivity index (χ4n) is 2.33. The summed E-state index contributed by atoms with van der Waals surface area (Å²) in [7, 11) is 2.24. The number of likely N-dealkylation sites (N-methyl/N-ethyl adjacent to an activating group) is 1. The van der Waals surface area contributed by atoms with E-state index in [1.807, 2.05) is 0 Å². The molecule has 0 aromatic heterocycles. The topological polar surface area (TPSA) is 12.5 Å². The largest absolute Gasteiger partial charge is 0.377 e. The van der Waals surface area contributed by atoms with Gasteiger partial charge in [0, 0.05) is 19.7 Å². The van der Waals surface area contributed by atoms with Crippen LogP contribution in [0.3, 0.4) is 0 Å². The van der Waals surface area contributed by atoms with Gasteiger partial charge < -0.3 is 9.64 Å². The Morgan fingerprint density at radius 3 is 2.54 bits per heavy atom. The van der Waals surface area contributed by atoms with Gasteiger partial charge in [-0.3, -0.25) is 0 Å². The average Bonchev–Trinajstić information content (AvgIpc) is 2.49. The number of hydrogen-bond donors (Lipinski definition) is 0. The van der Waals surface area contributed by atoms with Crippen molar-refractivity contribution in [1.29, 1.82) is 0 Å². The first kappa shape index (κ1) is 9.47. The summed E-state index contributed by atoms with van der Waals surface area (Å²) in [5.41, 5.74) is 0. The van der Waals surface area contributed by atoms with Crippen LogP contribution in [0, 0.1) is 5.92 Å². The molecule has 0 N–H and O–H groups in total. The van der Waals surface area contributed by atoms with E-state index in [1.54, 1.807) is 0 Å². The van der Waals surface area contributed by atoms with E-state index in [1.165, 1.54) is 38.6 Å². The smallest absolute Gasteiger partial charge is 0.0702 e. The Kier molecular flexibility index (Phi) is 3.23. The van der Waals surface area contributed by atoms with E-state index in [2.05, 4.69) is 11.9 Å². The molecule has 76 valence electrons. The zero-order valence-corrected chi connectivity index (χ0v) is 8.67. The van der Waals surface area contributed by atoms with Crippen molar-refractivity contribution >= 4 is 0 Å². The quantitative estimate of drug-likeness (QED) is 0.660. The van der Waals surface area contributed by atoms with Gasteiger partial charge in [-0.1, -0.05) is 6.42 Å². The van der Waals surface area contributed by atoms with Gasteiger partial charge >= 0.3 is 0 Å². The molecule has 1 saturated heterocycles. The Morgan fingerprint density at radius 1 is 1.15 bits per heavy atom. The molecule has 0 bridgehead atoms. The second kappa shape index (κ2) is 4.43. The van der Waals surface area contributed by atoms with Crippen LogP contribution >= 0.6 is 0 Å². The highest BCUT2D eigenvalue weighted by Gasteiger charge is 2.22. The van der Waals surface area contributed by atoms with Gasteiger partial charge in [0.2, 0.25) is 0 Å². The van der Waals surface area contributed by atoms with Crippen LogP contribution in [0.2, 0.25) is 0 Å². The molecule has 2 rings (SSSR count). The van der Waals surface area contributed by atoms with Crippen molar-refractivity contribution < 1.29 is 4.74 Å². The monoisotopic (exact) mass is 183 g/mol. The molecule has 1 atom stereocenters. The van der Waals surface area contributed by atoms with Crippen molar-refractivity contribution in [3.63, 3.8) is 0 Å². The first-order chi connectivity index (χ1) is 6.34. The molecule has 2 heteroatoms. The average molecular weight is 183 g/mol. The second-order valence-electron chi connectivity index (χ2n) is 4.65. The van der Waals surface area contributed by atoms with Gasteiger partial charge in [0.15, 0.2) is 0 Å². The van der Waals surface area contributed by atoms with Crippen molar-refractivity contribution in [3.05, 3.63) is 0 Å². The first-order valence-electron chi connectivity index (χ1n) is 5.65. The number of hydrogen-bond acceptors (Lipinski definition) is 2. The predicted molar refractivity (Wildman–Crippen MR) is 53.8 cm³/mol. The Hall–Kier alpha value is -0.0800. The van der Waals surface area contributed by atoms with Gasteiger partial charge in [-0.25, -0.2) is 0 Å². The molecule has 0 aromatic carbocycles. The zero-order chi connectivity index (χ0) is 9.10. The van der Waals surface area contributed by atoms with Crippen LogP contribution in [0.25, 0.3) is 0 Å². The number of rotatable bonds is 4. The maximum atomic E-state index is 5.62. The summed E-state index contributed by atoms with van der Waals surface area (Å²) in [6.45, 7) is 3.43. The minimum atomic E-state index is 0.532. The lowest BCUT2D eigenvalue weighted by Crippen LogP contribution is -2.34. The normalized spacial score (nSPS) is 29.5. The Labute approximate surface area is 81.3 Å². The molecule has 1 aliphatic heterocycles. The van der Waals surface area contributed by atoms with Crippen LogP contribution in [0.4, 0.5) is 0 Å². The maximum absolute atomic E-state index is 5.62. The summed E-state index contributed by atoms with van der Waals surface area (Å²) in [6.07, 6.45) is 7.44. The van der Waals surface area contributed by atoms with Crippen LogP contribution in [-0.2, 0) is 4.74 Å². The van der Waals surface area contributed by atoms with Gasteiger partial charge in [0.05, 0.1) is 6.10 Å². The lowest BCUT2D eigenvalue weighted by Gasteiger charge is -2.31. The highest BCUT2D eigenvalue weighted by atomic mass is 16.5. The molecule has 2 nitrogen and oxygen atoms in total. The Bertz CT molecular complexity index is 150. The molecule has 2 aliphatic rings. The summed E-state index contributed by atoms with van der Waals surface area (Å²) in [5, 5.41) is 0. The summed E-state index contributed by atoms with van der Waals surface area (Å²) in [5.74, 6) is 0.992. The molecule has 0 amide bonds. The Morgan fingerprint density at radius 2 is 2.00 bits per heavy atom. The van der Waals surface area contributed by atoms with Gasteiger partial charge in [-0.15, -0.1) is 0 Å². The van der Waals surface area contributed by atoms with Gasteiger partial charge in [-0.05, 0) is 38.6 Å². The summed E-state index contributed by atoms with van der Waals surface area (Å²) in [4.78, 5) is 2.46. The molecule has 0 spiro atoms. The predicted octanol–water partition coefficient (Wildman–Crippen LogP) is 1.90. The minimum absolute atomic E-state index is 0.532. The van der Waals surface area contributed by atoms with Crippen molar-refractivity contribution in [2.45, 2.75) is 38.2 Å². The molecule has 2 fully saturated rings. The molecule has 0 radical (unpaired) electrons. The zero-order valence-electron chi connectivity index (χ0n) is 8.67. The summed E-state index contributed by atoms with van der Waals surface area (Å²) >= 11 is 0. The minimum Gasteiger partial charge on any atom is -0.377 e. The van der Waals surface area contributed by atoms with E-state index in [0.717, 1.165) is 19.1 Å². The Balaban J connectivity index is 1.61. The van der Waals surface area contributed by atoms with E-state index >= 15 is 0 Å².